The Kier molecular flexibility index (Phi) is 5.67. The van der Waals surface area contributed by atoms with Crippen LogP contribution in [0.3, 0.4) is 0 Å². The Morgan fingerprint density at radius 2 is 1.55 bits per heavy atom. The van der Waals surface area contributed by atoms with E-state index in [9.17, 15) is 19.1 Å². The maximum Gasteiger partial charge on any atom is 0.295 e. The second-order valence-corrected chi connectivity index (χ2v) is 7.51. The highest BCUT2D eigenvalue weighted by Crippen LogP contribution is 2.40. The second-order valence-electron chi connectivity index (χ2n) is 7.51. The Bertz CT molecular complexity index is 1140. The number of nitrogens with zero attached hydrogens (tertiary/aromatic N) is 1. The van der Waals surface area contributed by atoms with Crippen LogP contribution in [0, 0.1) is 5.82 Å². The summed E-state index contributed by atoms with van der Waals surface area (Å²) in [7, 11) is 0. The Hall–Kier alpha value is -3.73. The van der Waals surface area contributed by atoms with Crippen molar-refractivity contribution in [2.45, 2.75) is 25.9 Å². The van der Waals surface area contributed by atoms with Gasteiger partial charge in [-0.05, 0) is 47.4 Å². The molecule has 1 fully saturated rings. The minimum Gasteiger partial charge on any atom is -0.507 e. The lowest BCUT2D eigenvalue weighted by atomic mass is 9.94. The quantitative estimate of drug-likeness (QED) is 0.362. The molecule has 0 bridgehead atoms. The average molecular weight is 415 g/mol. The molecule has 0 spiro atoms. The smallest absolute Gasteiger partial charge is 0.295 e. The lowest BCUT2D eigenvalue weighted by Crippen LogP contribution is -2.29. The maximum atomic E-state index is 13.4. The molecule has 3 aromatic rings. The molecule has 1 amide bonds. The third kappa shape index (κ3) is 3.99. The van der Waals surface area contributed by atoms with Crippen LogP contribution in [0.5, 0.6) is 0 Å². The zero-order valence-corrected chi connectivity index (χ0v) is 17.1. The number of hydrogen-bond donors (Lipinski definition) is 1. The Morgan fingerprint density at radius 3 is 2.16 bits per heavy atom. The van der Waals surface area contributed by atoms with Gasteiger partial charge in [0, 0.05) is 12.1 Å². The number of carbonyl (C=O) groups excluding carboxylic acids is 2. The fourth-order valence-corrected chi connectivity index (χ4v) is 3.87. The first-order valence-electron chi connectivity index (χ1n) is 10.2. The molecule has 1 saturated heterocycles. The highest BCUT2D eigenvalue weighted by molar-refractivity contribution is 6.46. The van der Waals surface area contributed by atoms with Gasteiger partial charge >= 0.3 is 0 Å². The van der Waals surface area contributed by atoms with Gasteiger partial charge in [0.05, 0.1) is 11.6 Å². The minimum absolute atomic E-state index is 0.0109. The van der Waals surface area contributed by atoms with E-state index in [1.165, 1.54) is 29.2 Å². The van der Waals surface area contributed by atoms with Gasteiger partial charge in [-0.25, -0.2) is 4.39 Å². The van der Waals surface area contributed by atoms with E-state index in [0.29, 0.717) is 0 Å². The third-order valence-corrected chi connectivity index (χ3v) is 5.56. The monoisotopic (exact) mass is 415 g/mol. The van der Waals surface area contributed by atoms with Crippen molar-refractivity contribution in [3.63, 3.8) is 0 Å². The van der Waals surface area contributed by atoms with Crippen molar-refractivity contribution in [3.05, 3.63) is 113 Å². The molecule has 3 aromatic carbocycles. The van der Waals surface area contributed by atoms with Crippen LogP contribution in [0.4, 0.5) is 4.39 Å². The summed E-state index contributed by atoms with van der Waals surface area (Å²) in [5.74, 6) is -2.18. The van der Waals surface area contributed by atoms with Gasteiger partial charge in [-0.1, -0.05) is 61.5 Å². The Morgan fingerprint density at radius 1 is 0.903 bits per heavy atom. The van der Waals surface area contributed by atoms with E-state index < -0.39 is 23.5 Å². The minimum atomic E-state index is -0.748. The van der Waals surface area contributed by atoms with Crippen molar-refractivity contribution >= 4 is 17.4 Å². The molecular formula is C26H22FNO3. The van der Waals surface area contributed by atoms with Gasteiger partial charge in [-0.15, -0.1) is 0 Å². The number of carbonyl (C=O) groups is 2. The molecule has 0 radical (unpaired) electrons. The number of rotatable bonds is 5. The van der Waals surface area contributed by atoms with Crippen molar-refractivity contribution in [1.82, 2.24) is 4.90 Å². The first-order chi connectivity index (χ1) is 15.0. The molecule has 1 aliphatic rings. The van der Waals surface area contributed by atoms with Crippen LogP contribution in [0.15, 0.2) is 84.4 Å². The summed E-state index contributed by atoms with van der Waals surface area (Å²) in [5, 5.41) is 11.0. The largest absolute Gasteiger partial charge is 0.507 e. The second kappa shape index (κ2) is 8.56. The van der Waals surface area contributed by atoms with Gasteiger partial charge in [-0.3, -0.25) is 9.59 Å². The summed E-state index contributed by atoms with van der Waals surface area (Å²) >= 11 is 0. The molecule has 1 heterocycles. The number of amides is 1. The number of ketones is 1. The standard InChI is InChI=1S/C26H22FNO3/c1-2-17-8-10-19(11-9-17)23-22(24(29)20-12-14-21(27)15-13-20)25(30)26(31)28(23)16-18-6-4-3-5-7-18/h3-15,23,29H,2,16H2,1H3. The molecule has 1 atom stereocenters. The molecule has 1 unspecified atom stereocenters. The molecule has 4 rings (SSSR count). The van der Waals surface area contributed by atoms with Crippen LogP contribution in [0.2, 0.25) is 0 Å². The van der Waals surface area contributed by atoms with Crippen LogP contribution in [-0.2, 0) is 22.6 Å². The van der Waals surface area contributed by atoms with Gasteiger partial charge in [0.2, 0.25) is 0 Å². The summed E-state index contributed by atoms with van der Waals surface area (Å²) in [6, 6.07) is 21.5. The van der Waals surface area contributed by atoms with Crippen molar-refractivity contribution in [3.8, 4) is 0 Å². The van der Waals surface area contributed by atoms with Crippen molar-refractivity contribution in [1.29, 1.82) is 0 Å². The van der Waals surface area contributed by atoms with E-state index in [0.717, 1.165) is 23.1 Å². The predicted molar refractivity (Wildman–Crippen MR) is 117 cm³/mol. The molecule has 1 N–H and O–H groups in total. The first-order valence-corrected chi connectivity index (χ1v) is 10.2. The van der Waals surface area contributed by atoms with E-state index >= 15 is 0 Å². The zero-order chi connectivity index (χ0) is 22.0. The molecule has 0 aromatic heterocycles. The van der Waals surface area contributed by atoms with Crippen molar-refractivity contribution in [2.24, 2.45) is 0 Å². The molecule has 0 aliphatic carbocycles. The van der Waals surface area contributed by atoms with Crippen LogP contribution in [0.1, 0.15) is 35.2 Å². The summed E-state index contributed by atoms with van der Waals surface area (Å²) in [6.07, 6.45) is 0.861. The SMILES string of the molecule is CCc1ccc(C2C(=C(O)c3ccc(F)cc3)C(=O)C(=O)N2Cc2ccccc2)cc1. The van der Waals surface area contributed by atoms with Crippen LogP contribution in [0.25, 0.3) is 5.76 Å². The van der Waals surface area contributed by atoms with Gasteiger partial charge in [-0.2, -0.15) is 0 Å². The summed E-state index contributed by atoms with van der Waals surface area (Å²) in [4.78, 5) is 27.5. The number of aliphatic hydroxyl groups is 1. The third-order valence-electron chi connectivity index (χ3n) is 5.56. The average Bonchev–Trinajstić information content (AvgIpc) is 3.05. The topological polar surface area (TPSA) is 57.6 Å². The lowest BCUT2D eigenvalue weighted by molar-refractivity contribution is -0.140. The van der Waals surface area contributed by atoms with Gasteiger partial charge in [0.15, 0.2) is 0 Å². The van der Waals surface area contributed by atoms with E-state index in [1.807, 2.05) is 61.5 Å². The van der Waals surface area contributed by atoms with Crippen molar-refractivity contribution < 1.29 is 19.1 Å². The fraction of sp³-hybridized carbons (Fsp3) is 0.154. The Balaban J connectivity index is 1.85. The number of halogens is 1. The number of aliphatic hydroxyl groups excluding tert-OH is 1. The van der Waals surface area contributed by atoms with E-state index in [2.05, 4.69) is 0 Å². The van der Waals surface area contributed by atoms with Crippen molar-refractivity contribution in [2.75, 3.05) is 0 Å². The molecule has 156 valence electrons. The highest BCUT2D eigenvalue weighted by atomic mass is 19.1. The molecule has 5 heteroatoms. The van der Waals surface area contributed by atoms with Gasteiger partial charge < -0.3 is 10.0 Å². The molecule has 31 heavy (non-hydrogen) atoms. The summed E-state index contributed by atoms with van der Waals surface area (Å²) < 4.78 is 13.4. The fourth-order valence-electron chi connectivity index (χ4n) is 3.87. The highest BCUT2D eigenvalue weighted by Gasteiger charge is 2.46. The summed E-state index contributed by atoms with van der Waals surface area (Å²) in [5.41, 5.74) is 3.03. The van der Waals surface area contributed by atoms with Crippen LogP contribution < -0.4 is 0 Å². The van der Waals surface area contributed by atoms with Crippen LogP contribution in [-0.4, -0.2) is 21.7 Å². The normalized spacial score (nSPS) is 17.9. The molecule has 1 aliphatic heterocycles. The number of benzene rings is 3. The summed E-state index contributed by atoms with van der Waals surface area (Å²) in [6.45, 7) is 2.27. The number of Topliss-reactive ketones (excluding diaryl/α,β-unsaturated/α-hetero) is 1. The van der Waals surface area contributed by atoms with E-state index in [4.69, 9.17) is 0 Å². The zero-order valence-electron chi connectivity index (χ0n) is 17.1. The molecular weight excluding hydrogens is 393 g/mol. The number of likely N-dealkylation sites (tertiary alicyclic amines) is 1. The van der Waals surface area contributed by atoms with Gasteiger partial charge in [0.1, 0.15) is 11.6 Å². The molecule has 4 nitrogen and oxygen atoms in total. The number of hydrogen-bond acceptors (Lipinski definition) is 3. The maximum absolute atomic E-state index is 13.4. The van der Waals surface area contributed by atoms with E-state index in [1.54, 1.807) is 0 Å². The van der Waals surface area contributed by atoms with Gasteiger partial charge in [0.25, 0.3) is 11.7 Å². The Labute approximate surface area is 180 Å². The lowest BCUT2D eigenvalue weighted by Gasteiger charge is -2.25. The predicted octanol–water partition coefficient (Wildman–Crippen LogP) is 5.01. The van der Waals surface area contributed by atoms with E-state index in [-0.39, 0.29) is 23.4 Å². The van der Waals surface area contributed by atoms with Crippen LogP contribution >= 0.6 is 0 Å². The number of aryl methyl sites for hydroxylation is 1. The first kappa shape index (κ1) is 20.5. The molecule has 0 saturated carbocycles.